The van der Waals surface area contributed by atoms with E-state index in [0.717, 1.165) is 0 Å². The average Bonchev–Trinajstić information content (AvgIpc) is 2.93. The van der Waals surface area contributed by atoms with Crippen LogP contribution in [-0.2, 0) is 0 Å². The minimum absolute atomic E-state index is 0.216. The fourth-order valence-corrected chi connectivity index (χ4v) is 3.47. The molecule has 3 rings (SSSR count). The van der Waals surface area contributed by atoms with Gasteiger partial charge in [-0.3, -0.25) is 14.3 Å². The molecule has 7 heteroatoms. The zero-order valence-corrected chi connectivity index (χ0v) is 12.7. The summed E-state index contributed by atoms with van der Waals surface area (Å²) in [5.74, 6) is -0.0441. The highest BCUT2D eigenvalue weighted by Crippen LogP contribution is 2.38. The third-order valence-electron chi connectivity index (χ3n) is 3.28. The Hall–Kier alpha value is -2.30. The van der Waals surface area contributed by atoms with Crippen LogP contribution in [0.4, 0.5) is 11.5 Å². The molecule has 2 aromatic rings. The summed E-state index contributed by atoms with van der Waals surface area (Å²) in [5, 5.41) is 9.49. The fraction of sp³-hybridized carbons (Fsp3) is 0.0714. The highest BCUT2D eigenvalue weighted by molar-refractivity contribution is 7.98. The number of benzene rings is 1. The van der Waals surface area contributed by atoms with Gasteiger partial charge in [0.25, 0.3) is 5.91 Å². The third kappa shape index (κ3) is 1.77. The molecule has 2 N–H and O–H groups in total. The first-order chi connectivity index (χ1) is 10.1. The molecule has 0 atom stereocenters. The molecule has 0 spiro atoms. The first-order valence-corrected chi connectivity index (χ1v) is 7.67. The number of carbonyl (C=O) groups is 1. The van der Waals surface area contributed by atoms with E-state index in [2.05, 4.69) is 0 Å². The number of nitrogens with zero attached hydrogens (tertiary/aromatic N) is 3. The van der Waals surface area contributed by atoms with E-state index in [9.17, 15) is 10.1 Å². The van der Waals surface area contributed by atoms with Gasteiger partial charge in [0, 0.05) is 0 Å². The van der Waals surface area contributed by atoms with Crippen molar-refractivity contribution in [1.29, 1.82) is 5.26 Å². The number of carbonyl (C=O) groups excluding carboxylic acids is 1. The molecule has 1 aliphatic heterocycles. The maximum Gasteiger partial charge on any atom is 0.282 e. The molecule has 0 aliphatic carbocycles. The van der Waals surface area contributed by atoms with Crippen LogP contribution in [-0.4, -0.2) is 21.8 Å². The standard InChI is InChI=1S/C14H10N4OS2/c1-21-11-9(7-15)12(16)18-10(11)13(19)17(14(18)20)8-5-3-2-4-6-8/h2-6H,16H2,1H3. The number of anilines is 2. The van der Waals surface area contributed by atoms with Crippen LogP contribution < -0.4 is 10.6 Å². The molecule has 1 amide bonds. The minimum atomic E-state index is -0.260. The monoisotopic (exact) mass is 314 g/mol. The Bertz CT molecular complexity index is 805. The lowest BCUT2D eigenvalue weighted by Crippen LogP contribution is -2.31. The van der Waals surface area contributed by atoms with Gasteiger partial charge >= 0.3 is 0 Å². The molecule has 1 aromatic heterocycles. The van der Waals surface area contributed by atoms with Crippen LogP contribution in [0.1, 0.15) is 16.1 Å². The number of thioether (sulfide) groups is 1. The van der Waals surface area contributed by atoms with Gasteiger partial charge in [0.15, 0.2) is 5.11 Å². The van der Waals surface area contributed by atoms with Gasteiger partial charge in [-0.15, -0.1) is 11.8 Å². The molecular weight excluding hydrogens is 304 g/mol. The lowest BCUT2D eigenvalue weighted by atomic mass is 10.2. The zero-order valence-electron chi connectivity index (χ0n) is 11.0. The molecular formula is C14H10N4OS2. The largest absolute Gasteiger partial charge is 0.384 e. The SMILES string of the molecule is CSc1c(C#N)c(N)n2c1C(=O)N(c1ccccc1)C2=S. The number of aromatic nitrogens is 1. The number of nitriles is 1. The van der Waals surface area contributed by atoms with E-state index in [-0.39, 0.29) is 16.8 Å². The van der Waals surface area contributed by atoms with Gasteiger partial charge in [0.2, 0.25) is 0 Å². The molecule has 0 bridgehead atoms. The van der Waals surface area contributed by atoms with E-state index in [1.165, 1.54) is 21.2 Å². The van der Waals surface area contributed by atoms with Crippen molar-refractivity contribution in [2.24, 2.45) is 0 Å². The Labute approximate surface area is 130 Å². The number of nitrogen functional groups attached to an aromatic ring is 1. The summed E-state index contributed by atoms with van der Waals surface area (Å²) in [6.07, 6.45) is 1.80. The highest BCUT2D eigenvalue weighted by Gasteiger charge is 2.40. The number of fused-ring (bicyclic) bond motifs is 1. The zero-order chi connectivity index (χ0) is 15.1. The van der Waals surface area contributed by atoms with Gasteiger partial charge in [-0.05, 0) is 30.6 Å². The van der Waals surface area contributed by atoms with Gasteiger partial charge in [0.05, 0.1) is 10.6 Å². The summed E-state index contributed by atoms with van der Waals surface area (Å²) in [6.45, 7) is 0. The van der Waals surface area contributed by atoms with Crippen LogP contribution in [0.3, 0.4) is 0 Å². The second kappa shape index (κ2) is 4.91. The topological polar surface area (TPSA) is 75.0 Å². The molecule has 21 heavy (non-hydrogen) atoms. The van der Waals surface area contributed by atoms with E-state index >= 15 is 0 Å². The Morgan fingerprint density at radius 1 is 1.33 bits per heavy atom. The van der Waals surface area contributed by atoms with Gasteiger partial charge in [-0.2, -0.15) is 5.26 Å². The lowest BCUT2D eigenvalue weighted by Gasteiger charge is -2.16. The number of hydrogen-bond acceptors (Lipinski definition) is 5. The maximum atomic E-state index is 12.7. The van der Waals surface area contributed by atoms with Crippen molar-refractivity contribution in [3.05, 3.63) is 41.6 Å². The van der Waals surface area contributed by atoms with E-state index in [1.807, 2.05) is 24.3 Å². The summed E-state index contributed by atoms with van der Waals surface area (Å²) in [6, 6.07) is 11.2. The number of rotatable bonds is 2. The molecule has 0 saturated heterocycles. The van der Waals surface area contributed by atoms with E-state index in [0.29, 0.717) is 21.8 Å². The van der Waals surface area contributed by atoms with Gasteiger partial charge < -0.3 is 5.73 Å². The van der Waals surface area contributed by atoms with Crippen LogP contribution in [0, 0.1) is 11.3 Å². The smallest absolute Gasteiger partial charge is 0.282 e. The summed E-state index contributed by atoms with van der Waals surface area (Å²) in [4.78, 5) is 14.7. The summed E-state index contributed by atoms with van der Waals surface area (Å²) in [5.41, 5.74) is 7.35. The fourth-order valence-electron chi connectivity index (χ4n) is 2.36. The van der Waals surface area contributed by atoms with Gasteiger partial charge in [-0.25, -0.2) is 0 Å². The molecule has 1 aliphatic rings. The van der Waals surface area contributed by atoms with E-state index in [1.54, 1.807) is 18.4 Å². The minimum Gasteiger partial charge on any atom is -0.384 e. The Balaban J connectivity index is 2.22. The predicted molar refractivity (Wildman–Crippen MR) is 86.6 cm³/mol. The first-order valence-electron chi connectivity index (χ1n) is 6.04. The molecule has 0 fully saturated rings. The van der Waals surface area contributed by atoms with Crippen LogP contribution in [0.15, 0.2) is 35.2 Å². The number of thiocarbonyl (C=S) groups is 1. The Morgan fingerprint density at radius 3 is 2.57 bits per heavy atom. The molecule has 0 radical (unpaired) electrons. The molecule has 5 nitrogen and oxygen atoms in total. The molecule has 0 unspecified atom stereocenters. The Kier molecular flexibility index (Phi) is 3.20. The highest BCUT2D eigenvalue weighted by atomic mass is 32.2. The number of nitrogens with two attached hydrogens (primary N) is 1. The quantitative estimate of drug-likeness (QED) is 0.681. The van der Waals surface area contributed by atoms with Crippen LogP contribution >= 0.6 is 24.0 Å². The second-order valence-corrected chi connectivity index (χ2v) is 5.53. The van der Waals surface area contributed by atoms with Crippen LogP contribution in [0.2, 0.25) is 0 Å². The van der Waals surface area contributed by atoms with Gasteiger partial charge in [-0.1, -0.05) is 18.2 Å². The molecule has 1 aromatic carbocycles. The third-order valence-corrected chi connectivity index (χ3v) is 4.45. The lowest BCUT2D eigenvalue weighted by molar-refractivity contribution is 0.100. The molecule has 2 heterocycles. The van der Waals surface area contributed by atoms with Gasteiger partial charge in [0.1, 0.15) is 23.1 Å². The molecule has 104 valence electrons. The summed E-state index contributed by atoms with van der Waals surface area (Å²) in [7, 11) is 0. The summed E-state index contributed by atoms with van der Waals surface area (Å²) < 4.78 is 1.48. The first kappa shape index (κ1) is 13.7. The van der Waals surface area contributed by atoms with E-state index in [4.69, 9.17) is 18.0 Å². The van der Waals surface area contributed by atoms with Crippen molar-refractivity contribution in [2.75, 3.05) is 16.9 Å². The summed E-state index contributed by atoms with van der Waals surface area (Å²) >= 11 is 6.70. The molecule has 0 saturated carbocycles. The van der Waals surface area contributed by atoms with Crippen molar-refractivity contribution in [1.82, 2.24) is 4.57 Å². The number of amides is 1. The maximum absolute atomic E-state index is 12.7. The number of hydrogen-bond donors (Lipinski definition) is 1. The predicted octanol–water partition coefficient (Wildman–Crippen LogP) is 2.46. The average molecular weight is 314 g/mol. The number of para-hydroxylation sites is 1. The van der Waals surface area contributed by atoms with Crippen molar-refractivity contribution >= 4 is 46.5 Å². The second-order valence-electron chi connectivity index (χ2n) is 4.35. The van der Waals surface area contributed by atoms with Crippen molar-refractivity contribution in [2.45, 2.75) is 4.90 Å². The van der Waals surface area contributed by atoms with Crippen molar-refractivity contribution in [3.63, 3.8) is 0 Å². The van der Waals surface area contributed by atoms with Crippen molar-refractivity contribution < 1.29 is 4.79 Å². The van der Waals surface area contributed by atoms with Crippen molar-refractivity contribution in [3.8, 4) is 6.07 Å². The van der Waals surface area contributed by atoms with Crippen LogP contribution in [0.5, 0.6) is 0 Å². The normalized spacial score (nSPS) is 13.4. The van der Waals surface area contributed by atoms with Crippen LogP contribution in [0.25, 0.3) is 0 Å². The van der Waals surface area contributed by atoms with E-state index < -0.39 is 0 Å². The Morgan fingerprint density at radius 2 is 2.00 bits per heavy atom.